The minimum atomic E-state index is 0.219. The number of hydrogen-bond acceptors (Lipinski definition) is 2. The van der Waals surface area contributed by atoms with E-state index in [0.717, 1.165) is 18.5 Å². The third-order valence-electron chi connectivity index (χ3n) is 2.30. The number of pyridine rings is 1. The highest BCUT2D eigenvalue weighted by Gasteiger charge is 2.25. The van der Waals surface area contributed by atoms with Crippen molar-refractivity contribution < 1.29 is 0 Å². The minimum Gasteiger partial charge on any atom is -0.393 e. The zero-order valence-corrected chi connectivity index (χ0v) is 7.47. The van der Waals surface area contributed by atoms with Crippen LogP contribution >= 0.6 is 12.2 Å². The van der Waals surface area contributed by atoms with Crippen molar-refractivity contribution in [3.05, 3.63) is 29.6 Å². The Kier molecular flexibility index (Phi) is 1.81. The van der Waals surface area contributed by atoms with Crippen molar-refractivity contribution in [2.24, 2.45) is 5.73 Å². The number of hydrogen-bond donors (Lipinski definition) is 1. The molecular weight excluding hydrogens is 168 g/mol. The SMILES string of the molecule is NC(=S)C1CCc2cccnc21. The number of aryl methyl sites for hydroxylation is 1. The van der Waals surface area contributed by atoms with Gasteiger partial charge in [-0.1, -0.05) is 18.3 Å². The zero-order chi connectivity index (χ0) is 8.55. The van der Waals surface area contributed by atoms with Gasteiger partial charge < -0.3 is 5.73 Å². The van der Waals surface area contributed by atoms with E-state index >= 15 is 0 Å². The lowest BCUT2D eigenvalue weighted by molar-refractivity contribution is 0.836. The van der Waals surface area contributed by atoms with E-state index in [1.807, 2.05) is 6.07 Å². The summed E-state index contributed by atoms with van der Waals surface area (Å²) in [5, 5.41) is 0. The van der Waals surface area contributed by atoms with Gasteiger partial charge in [-0.25, -0.2) is 0 Å². The normalized spacial score (nSPS) is 20.5. The fraction of sp³-hybridized carbons (Fsp3) is 0.333. The summed E-state index contributed by atoms with van der Waals surface area (Å²) in [4.78, 5) is 4.87. The van der Waals surface area contributed by atoms with Crippen molar-refractivity contribution in [3.63, 3.8) is 0 Å². The highest BCUT2D eigenvalue weighted by molar-refractivity contribution is 7.80. The summed E-state index contributed by atoms with van der Waals surface area (Å²) in [6.45, 7) is 0. The second kappa shape index (κ2) is 2.83. The van der Waals surface area contributed by atoms with Crippen LogP contribution in [-0.4, -0.2) is 9.97 Å². The molecule has 1 aliphatic carbocycles. The average Bonchev–Trinajstić information content (AvgIpc) is 2.47. The second-order valence-electron chi connectivity index (χ2n) is 3.04. The number of fused-ring (bicyclic) bond motifs is 1. The van der Waals surface area contributed by atoms with Gasteiger partial charge in [0, 0.05) is 6.20 Å². The fourth-order valence-electron chi connectivity index (χ4n) is 1.69. The Bertz CT molecular complexity index is 322. The van der Waals surface area contributed by atoms with E-state index in [-0.39, 0.29) is 5.92 Å². The minimum absolute atomic E-state index is 0.219. The Morgan fingerprint density at radius 2 is 2.50 bits per heavy atom. The van der Waals surface area contributed by atoms with Gasteiger partial charge in [0.2, 0.25) is 0 Å². The van der Waals surface area contributed by atoms with Crippen molar-refractivity contribution in [3.8, 4) is 0 Å². The molecule has 0 spiro atoms. The Hall–Kier alpha value is -0.960. The maximum Gasteiger partial charge on any atom is 0.0819 e. The number of thiocarbonyl (C=S) groups is 1. The van der Waals surface area contributed by atoms with Crippen LogP contribution in [0, 0.1) is 0 Å². The van der Waals surface area contributed by atoms with E-state index in [9.17, 15) is 0 Å². The van der Waals surface area contributed by atoms with E-state index in [4.69, 9.17) is 18.0 Å². The van der Waals surface area contributed by atoms with Crippen molar-refractivity contribution in [1.29, 1.82) is 0 Å². The Morgan fingerprint density at radius 3 is 3.25 bits per heavy atom. The van der Waals surface area contributed by atoms with E-state index in [1.165, 1.54) is 5.56 Å². The molecule has 0 bridgehead atoms. The number of nitrogens with zero attached hydrogens (tertiary/aromatic N) is 1. The lowest BCUT2D eigenvalue weighted by atomic mass is 10.1. The highest BCUT2D eigenvalue weighted by atomic mass is 32.1. The Balaban J connectivity index is 2.42. The summed E-state index contributed by atoms with van der Waals surface area (Å²) in [5.74, 6) is 0.219. The van der Waals surface area contributed by atoms with Gasteiger partial charge in [-0.15, -0.1) is 0 Å². The molecule has 0 fully saturated rings. The molecule has 1 atom stereocenters. The average molecular weight is 178 g/mol. The van der Waals surface area contributed by atoms with Crippen LogP contribution in [0.1, 0.15) is 23.6 Å². The fourth-order valence-corrected chi connectivity index (χ4v) is 1.92. The third-order valence-corrected chi connectivity index (χ3v) is 2.59. The summed E-state index contributed by atoms with van der Waals surface area (Å²) in [6, 6.07) is 4.06. The molecule has 1 unspecified atom stereocenters. The summed E-state index contributed by atoms with van der Waals surface area (Å²) < 4.78 is 0. The molecule has 0 amide bonds. The van der Waals surface area contributed by atoms with Crippen LogP contribution in [0.15, 0.2) is 18.3 Å². The van der Waals surface area contributed by atoms with Gasteiger partial charge in [0.15, 0.2) is 0 Å². The van der Waals surface area contributed by atoms with Crippen molar-refractivity contribution >= 4 is 17.2 Å². The molecule has 0 aliphatic heterocycles. The monoisotopic (exact) mass is 178 g/mol. The molecule has 0 saturated carbocycles. The summed E-state index contributed by atoms with van der Waals surface area (Å²) in [5.41, 5.74) is 7.99. The smallest absolute Gasteiger partial charge is 0.0819 e. The quantitative estimate of drug-likeness (QED) is 0.661. The topological polar surface area (TPSA) is 38.9 Å². The van der Waals surface area contributed by atoms with Crippen LogP contribution in [0.2, 0.25) is 0 Å². The number of rotatable bonds is 1. The van der Waals surface area contributed by atoms with E-state index in [1.54, 1.807) is 6.20 Å². The molecule has 0 radical (unpaired) electrons. The molecule has 62 valence electrons. The van der Waals surface area contributed by atoms with E-state index in [0.29, 0.717) is 4.99 Å². The van der Waals surface area contributed by atoms with Gasteiger partial charge in [-0.2, -0.15) is 0 Å². The van der Waals surface area contributed by atoms with Crippen LogP contribution in [0.25, 0.3) is 0 Å². The van der Waals surface area contributed by atoms with Crippen LogP contribution in [-0.2, 0) is 6.42 Å². The van der Waals surface area contributed by atoms with E-state index in [2.05, 4.69) is 11.1 Å². The lowest BCUT2D eigenvalue weighted by Crippen LogP contribution is -2.17. The molecule has 1 heterocycles. The van der Waals surface area contributed by atoms with Gasteiger partial charge >= 0.3 is 0 Å². The van der Waals surface area contributed by atoms with Gasteiger partial charge in [-0.05, 0) is 24.5 Å². The lowest BCUT2D eigenvalue weighted by Gasteiger charge is -2.06. The first-order valence-electron chi connectivity index (χ1n) is 4.02. The first kappa shape index (κ1) is 7.68. The van der Waals surface area contributed by atoms with Crippen molar-refractivity contribution in [2.45, 2.75) is 18.8 Å². The molecule has 2 rings (SSSR count). The van der Waals surface area contributed by atoms with Gasteiger partial charge in [0.25, 0.3) is 0 Å². The van der Waals surface area contributed by atoms with Gasteiger partial charge in [0.1, 0.15) is 0 Å². The molecule has 1 aromatic rings. The molecular formula is C9H10N2S. The maximum atomic E-state index is 5.60. The highest BCUT2D eigenvalue weighted by Crippen LogP contribution is 2.30. The largest absolute Gasteiger partial charge is 0.393 e. The van der Waals surface area contributed by atoms with Crippen molar-refractivity contribution in [1.82, 2.24) is 4.98 Å². The van der Waals surface area contributed by atoms with Crippen molar-refractivity contribution in [2.75, 3.05) is 0 Å². The molecule has 0 saturated heterocycles. The number of aromatic nitrogens is 1. The van der Waals surface area contributed by atoms with Crippen LogP contribution in [0.4, 0.5) is 0 Å². The summed E-state index contributed by atoms with van der Waals surface area (Å²) in [7, 11) is 0. The zero-order valence-electron chi connectivity index (χ0n) is 6.66. The second-order valence-corrected chi connectivity index (χ2v) is 3.51. The van der Waals surface area contributed by atoms with Crippen LogP contribution in [0.3, 0.4) is 0 Å². The standard InChI is InChI=1S/C9H10N2S/c10-9(12)7-4-3-6-2-1-5-11-8(6)7/h1-2,5,7H,3-4H2,(H2,10,12). The summed E-state index contributed by atoms with van der Waals surface area (Å²) >= 11 is 4.97. The maximum absolute atomic E-state index is 5.60. The van der Waals surface area contributed by atoms with E-state index < -0.39 is 0 Å². The molecule has 3 heteroatoms. The first-order valence-corrected chi connectivity index (χ1v) is 4.43. The Morgan fingerprint density at radius 1 is 1.67 bits per heavy atom. The van der Waals surface area contributed by atoms with Gasteiger partial charge in [0.05, 0.1) is 16.6 Å². The molecule has 1 aromatic heterocycles. The van der Waals surface area contributed by atoms with Crippen LogP contribution in [0.5, 0.6) is 0 Å². The predicted molar refractivity (Wildman–Crippen MR) is 52.1 cm³/mol. The third kappa shape index (κ3) is 1.10. The van der Waals surface area contributed by atoms with Crippen LogP contribution < -0.4 is 5.73 Å². The van der Waals surface area contributed by atoms with Gasteiger partial charge in [-0.3, -0.25) is 4.98 Å². The molecule has 12 heavy (non-hydrogen) atoms. The first-order chi connectivity index (χ1) is 5.79. The molecule has 2 N–H and O–H groups in total. The summed E-state index contributed by atoms with van der Waals surface area (Å²) in [6.07, 6.45) is 3.89. The Labute approximate surface area is 76.8 Å². The molecule has 1 aliphatic rings. The molecule has 2 nitrogen and oxygen atoms in total. The predicted octanol–water partition coefficient (Wildman–Crippen LogP) is 1.40. The number of nitrogens with two attached hydrogens (primary N) is 1. The molecule has 0 aromatic carbocycles.